The number of hydrogen-bond acceptors (Lipinski definition) is 6. The van der Waals surface area contributed by atoms with Crippen molar-refractivity contribution in [3.8, 4) is 22.6 Å². The maximum Gasteiger partial charge on any atom is 0.332 e. The molecule has 170 valence electrons. The summed E-state index contributed by atoms with van der Waals surface area (Å²) in [6.45, 7) is -0.215. The second-order valence-electron chi connectivity index (χ2n) is 7.73. The lowest BCUT2D eigenvalue weighted by Crippen LogP contribution is -2.37. The fraction of sp³-hybridized carbons (Fsp3) is 0.125. The number of nitrogens with zero attached hydrogens (tertiary/aromatic N) is 5. The molecule has 0 atom stereocenters. The number of oxazole rings is 1. The van der Waals surface area contributed by atoms with E-state index in [1.807, 2.05) is 60.7 Å². The van der Waals surface area contributed by atoms with Crippen LogP contribution in [0, 0.1) is 0 Å². The van der Waals surface area contributed by atoms with Gasteiger partial charge in [-0.1, -0.05) is 60.7 Å². The van der Waals surface area contributed by atoms with Crippen LogP contribution in [0.15, 0.2) is 81.0 Å². The summed E-state index contributed by atoms with van der Waals surface area (Å²) in [6.07, 6.45) is 1.35. The molecule has 0 fully saturated rings. The smallest absolute Gasteiger partial charge is 0.332 e. The highest BCUT2D eigenvalue weighted by Gasteiger charge is 2.20. The number of aromatic nitrogens is 5. The Morgan fingerprint density at radius 2 is 1.59 bits per heavy atom. The molecule has 0 saturated heterocycles. The molecule has 0 spiro atoms. The summed E-state index contributed by atoms with van der Waals surface area (Å²) in [7, 11) is 2.90. The average molecular weight is 456 g/mol. The molecule has 1 amide bonds. The van der Waals surface area contributed by atoms with Crippen molar-refractivity contribution in [2.24, 2.45) is 14.1 Å². The van der Waals surface area contributed by atoms with Crippen LogP contribution in [0.3, 0.4) is 0 Å². The molecule has 10 heteroatoms. The Hall–Kier alpha value is -4.73. The van der Waals surface area contributed by atoms with Gasteiger partial charge in [0, 0.05) is 25.2 Å². The third kappa shape index (κ3) is 3.60. The fourth-order valence-electron chi connectivity index (χ4n) is 3.78. The van der Waals surface area contributed by atoms with E-state index >= 15 is 0 Å². The van der Waals surface area contributed by atoms with Crippen molar-refractivity contribution in [2.45, 2.75) is 6.54 Å². The normalized spacial score (nSPS) is 11.1. The molecule has 34 heavy (non-hydrogen) atoms. The Bertz CT molecular complexity index is 1570. The Morgan fingerprint density at radius 1 is 0.941 bits per heavy atom. The highest BCUT2D eigenvalue weighted by Crippen LogP contribution is 2.34. The molecule has 0 bridgehead atoms. The summed E-state index contributed by atoms with van der Waals surface area (Å²) in [6, 6.07) is 19.0. The molecule has 0 unspecified atom stereocenters. The van der Waals surface area contributed by atoms with Crippen LogP contribution in [0.2, 0.25) is 0 Å². The first-order valence-corrected chi connectivity index (χ1v) is 10.5. The molecule has 0 aliphatic carbocycles. The van der Waals surface area contributed by atoms with Crippen LogP contribution < -0.4 is 16.6 Å². The summed E-state index contributed by atoms with van der Waals surface area (Å²) in [5.41, 5.74) is 1.59. The molecular weight excluding hydrogens is 436 g/mol. The van der Waals surface area contributed by atoms with Crippen molar-refractivity contribution in [1.29, 1.82) is 0 Å². The van der Waals surface area contributed by atoms with Crippen molar-refractivity contribution < 1.29 is 9.21 Å². The maximum atomic E-state index is 12.8. The van der Waals surface area contributed by atoms with E-state index in [9.17, 15) is 14.4 Å². The third-order valence-corrected chi connectivity index (χ3v) is 5.49. The Balaban J connectivity index is 1.48. The van der Waals surface area contributed by atoms with Crippen molar-refractivity contribution in [3.63, 3.8) is 0 Å². The molecule has 0 aliphatic rings. The van der Waals surface area contributed by atoms with Gasteiger partial charge in [0.15, 0.2) is 16.9 Å². The van der Waals surface area contributed by atoms with E-state index in [-0.39, 0.29) is 23.7 Å². The van der Waals surface area contributed by atoms with Crippen molar-refractivity contribution in [1.82, 2.24) is 23.7 Å². The largest absolute Gasteiger partial charge is 0.423 e. The SMILES string of the molecule is Cn1c(=O)c2c(ncn2CC(=O)Nc2nc(-c3ccccc3)c(-c3ccccc3)o2)n(C)c1=O. The van der Waals surface area contributed by atoms with Crippen LogP contribution >= 0.6 is 0 Å². The van der Waals surface area contributed by atoms with Gasteiger partial charge in [0.25, 0.3) is 5.56 Å². The summed E-state index contributed by atoms with van der Waals surface area (Å²) < 4.78 is 9.56. The number of carbonyl (C=O) groups excluding carboxylic acids is 1. The van der Waals surface area contributed by atoms with Gasteiger partial charge in [-0.2, -0.15) is 4.98 Å². The molecule has 5 aromatic rings. The van der Waals surface area contributed by atoms with E-state index < -0.39 is 17.2 Å². The van der Waals surface area contributed by atoms with Gasteiger partial charge in [-0.3, -0.25) is 24.0 Å². The first-order valence-electron chi connectivity index (χ1n) is 10.5. The number of imidazole rings is 1. The molecule has 0 aliphatic heterocycles. The highest BCUT2D eigenvalue weighted by atomic mass is 16.4. The van der Waals surface area contributed by atoms with E-state index in [1.54, 1.807) is 0 Å². The molecule has 0 saturated carbocycles. The van der Waals surface area contributed by atoms with Crippen molar-refractivity contribution in [2.75, 3.05) is 5.32 Å². The van der Waals surface area contributed by atoms with Gasteiger partial charge < -0.3 is 8.98 Å². The first-order chi connectivity index (χ1) is 16.4. The molecular formula is C24H20N6O4. The lowest BCUT2D eigenvalue weighted by molar-refractivity contribution is -0.116. The summed E-state index contributed by atoms with van der Waals surface area (Å²) in [5.74, 6) is 0.0646. The average Bonchev–Trinajstić information content (AvgIpc) is 3.47. The molecule has 10 nitrogen and oxygen atoms in total. The Labute approximate surface area is 192 Å². The standard InChI is InChI=1S/C24H20N6O4/c1-28-21-19(22(32)29(2)24(28)33)30(14-25-21)13-17(31)26-23-27-18(15-9-5-3-6-10-15)20(34-23)16-11-7-4-8-12-16/h3-12,14H,13H2,1-2H3,(H,26,27,31). The number of amides is 1. The van der Waals surface area contributed by atoms with Crippen LogP contribution in [-0.2, 0) is 25.4 Å². The minimum atomic E-state index is -0.530. The van der Waals surface area contributed by atoms with Crippen molar-refractivity contribution in [3.05, 3.63) is 87.8 Å². The zero-order valence-electron chi connectivity index (χ0n) is 18.4. The number of aryl methyl sites for hydroxylation is 1. The lowest BCUT2D eigenvalue weighted by atomic mass is 10.1. The van der Waals surface area contributed by atoms with Crippen LogP contribution in [0.5, 0.6) is 0 Å². The minimum absolute atomic E-state index is 0.0347. The fourth-order valence-corrected chi connectivity index (χ4v) is 3.78. The molecule has 3 heterocycles. The van der Waals surface area contributed by atoms with Crippen molar-refractivity contribution >= 4 is 23.1 Å². The number of hydrogen-bond donors (Lipinski definition) is 1. The molecule has 3 aromatic heterocycles. The third-order valence-electron chi connectivity index (χ3n) is 5.49. The summed E-state index contributed by atoms with van der Waals surface area (Å²) in [5, 5.41) is 2.66. The van der Waals surface area contributed by atoms with Crippen LogP contribution in [-0.4, -0.2) is 29.6 Å². The van der Waals surface area contributed by atoms with E-state index in [1.165, 1.54) is 29.6 Å². The quantitative estimate of drug-likeness (QED) is 0.434. The summed E-state index contributed by atoms with van der Waals surface area (Å²) >= 11 is 0. The molecule has 5 rings (SSSR count). The molecule has 0 radical (unpaired) electrons. The Kier molecular flexibility index (Phi) is 5.17. The van der Waals surface area contributed by atoms with E-state index in [4.69, 9.17) is 4.42 Å². The zero-order chi connectivity index (χ0) is 23.8. The minimum Gasteiger partial charge on any atom is -0.423 e. The van der Waals surface area contributed by atoms with E-state index in [0.29, 0.717) is 11.5 Å². The number of benzene rings is 2. The number of anilines is 1. The van der Waals surface area contributed by atoms with Gasteiger partial charge in [0.2, 0.25) is 5.91 Å². The number of rotatable bonds is 5. The summed E-state index contributed by atoms with van der Waals surface area (Å²) in [4.78, 5) is 46.2. The second-order valence-corrected chi connectivity index (χ2v) is 7.73. The lowest BCUT2D eigenvalue weighted by Gasteiger charge is -2.06. The number of nitrogens with one attached hydrogen (secondary N) is 1. The van der Waals surface area contributed by atoms with Gasteiger partial charge in [-0.15, -0.1) is 0 Å². The van der Waals surface area contributed by atoms with Crippen LogP contribution in [0.4, 0.5) is 6.01 Å². The number of carbonyl (C=O) groups is 1. The van der Waals surface area contributed by atoms with E-state index in [2.05, 4.69) is 15.3 Å². The van der Waals surface area contributed by atoms with Gasteiger partial charge in [-0.05, 0) is 0 Å². The molecule has 1 N–H and O–H groups in total. The predicted octanol–water partition coefficient (Wildman–Crippen LogP) is 2.39. The van der Waals surface area contributed by atoms with Gasteiger partial charge in [-0.25, -0.2) is 9.78 Å². The first kappa shape index (κ1) is 21.1. The van der Waals surface area contributed by atoms with Gasteiger partial charge in [0.05, 0.1) is 6.33 Å². The van der Waals surface area contributed by atoms with Gasteiger partial charge >= 0.3 is 11.7 Å². The highest BCUT2D eigenvalue weighted by molar-refractivity contribution is 5.90. The molecule has 2 aromatic carbocycles. The van der Waals surface area contributed by atoms with Crippen LogP contribution in [0.1, 0.15) is 0 Å². The van der Waals surface area contributed by atoms with E-state index in [0.717, 1.165) is 15.7 Å². The number of fused-ring (bicyclic) bond motifs is 1. The predicted molar refractivity (Wildman–Crippen MR) is 126 cm³/mol. The second kappa shape index (κ2) is 8.32. The topological polar surface area (TPSA) is 117 Å². The monoisotopic (exact) mass is 456 g/mol. The van der Waals surface area contributed by atoms with Crippen LogP contribution in [0.25, 0.3) is 33.7 Å². The Morgan fingerprint density at radius 3 is 2.26 bits per heavy atom. The maximum absolute atomic E-state index is 12.8. The van der Waals surface area contributed by atoms with Gasteiger partial charge in [0.1, 0.15) is 12.2 Å². The zero-order valence-corrected chi connectivity index (χ0v) is 18.4.